The fourth-order valence-corrected chi connectivity index (χ4v) is 3.84. The van der Waals surface area contributed by atoms with E-state index in [1.165, 1.54) is 12.0 Å². The normalized spacial score (nSPS) is 36.2. The Bertz CT molecular complexity index is 428. The van der Waals surface area contributed by atoms with Crippen LogP contribution < -0.4 is 5.32 Å². The highest BCUT2D eigenvalue weighted by molar-refractivity contribution is 5.91. The maximum Gasteiger partial charge on any atom is 0.200 e. The molecule has 0 aromatic heterocycles. The van der Waals surface area contributed by atoms with E-state index in [1.807, 2.05) is 18.2 Å². The number of quaternary nitrogens is 1. The van der Waals surface area contributed by atoms with Crippen molar-refractivity contribution in [2.24, 2.45) is 11.8 Å². The average molecular weight is 230 g/mol. The molecule has 0 spiro atoms. The fraction of sp³-hybridized carbons (Fsp3) is 0.533. The predicted molar refractivity (Wildman–Crippen MR) is 66.4 cm³/mol. The van der Waals surface area contributed by atoms with Gasteiger partial charge in [-0.1, -0.05) is 30.3 Å². The van der Waals surface area contributed by atoms with Crippen molar-refractivity contribution >= 4 is 5.78 Å². The van der Waals surface area contributed by atoms with Crippen LogP contribution in [0.1, 0.15) is 31.2 Å². The molecule has 2 nitrogen and oxygen atoms in total. The van der Waals surface area contributed by atoms with Crippen LogP contribution in [0, 0.1) is 11.8 Å². The summed E-state index contributed by atoms with van der Waals surface area (Å²) in [6.45, 7) is 0. The number of rotatable bonds is 2. The lowest BCUT2D eigenvalue weighted by Gasteiger charge is -2.36. The summed E-state index contributed by atoms with van der Waals surface area (Å²) in [5.74, 6) is 1.55. The Morgan fingerprint density at radius 1 is 1.24 bits per heavy atom. The number of hydrogen-bond acceptors (Lipinski definition) is 1. The summed E-state index contributed by atoms with van der Waals surface area (Å²) >= 11 is 0. The van der Waals surface area contributed by atoms with Crippen molar-refractivity contribution in [2.45, 2.75) is 31.2 Å². The molecule has 3 atom stereocenters. The van der Waals surface area contributed by atoms with Crippen LogP contribution in [-0.2, 0) is 10.3 Å². The third-order valence-electron chi connectivity index (χ3n) is 4.74. The van der Waals surface area contributed by atoms with Gasteiger partial charge < -0.3 is 5.32 Å². The minimum atomic E-state index is -0.286. The Hall–Kier alpha value is -1.15. The van der Waals surface area contributed by atoms with Gasteiger partial charge in [0, 0.05) is 17.9 Å². The van der Waals surface area contributed by atoms with Crippen molar-refractivity contribution in [3.63, 3.8) is 0 Å². The quantitative estimate of drug-likeness (QED) is 0.820. The second kappa shape index (κ2) is 3.95. The van der Waals surface area contributed by atoms with Crippen molar-refractivity contribution in [3.05, 3.63) is 35.9 Å². The second-order valence-electron chi connectivity index (χ2n) is 5.57. The fourth-order valence-electron chi connectivity index (χ4n) is 3.84. The number of Topliss-reactive ketones (excluding diaryl/α,β-unsaturated/α-hetero) is 1. The molecule has 2 heteroatoms. The van der Waals surface area contributed by atoms with Gasteiger partial charge in [0.1, 0.15) is 0 Å². The molecule has 0 aliphatic heterocycles. The number of benzene rings is 1. The van der Waals surface area contributed by atoms with Crippen LogP contribution in [0.25, 0.3) is 0 Å². The van der Waals surface area contributed by atoms with Crippen LogP contribution in [0.2, 0.25) is 0 Å². The smallest absolute Gasteiger partial charge is 0.200 e. The van der Waals surface area contributed by atoms with E-state index in [-0.39, 0.29) is 5.54 Å². The zero-order chi connectivity index (χ0) is 11.9. The summed E-state index contributed by atoms with van der Waals surface area (Å²) in [4.78, 5) is 12.7. The van der Waals surface area contributed by atoms with Gasteiger partial charge in [-0.05, 0) is 25.2 Å². The van der Waals surface area contributed by atoms with Gasteiger partial charge in [-0.3, -0.25) is 4.79 Å². The van der Waals surface area contributed by atoms with Gasteiger partial charge in [0.15, 0.2) is 5.54 Å². The molecule has 0 heterocycles. The van der Waals surface area contributed by atoms with E-state index >= 15 is 0 Å². The molecule has 1 aromatic carbocycles. The number of likely N-dealkylation sites (N-methyl/N-ethyl adjacent to an activating group) is 1. The van der Waals surface area contributed by atoms with E-state index in [1.54, 1.807) is 0 Å². The number of carbonyl (C=O) groups is 1. The standard InChI is InChI=1S/C15H19NO/c1-16-15(13-5-3-2-4-6-13)10-11-7-8-12(9-11)14(15)17/h2-6,11-12,16H,7-10H2,1H3/p+1. The molecule has 90 valence electrons. The number of hydrogen-bond donors (Lipinski definition) is 1. The number of ketones is 1. The first-order chi connectivity index (χ1) is 8.26. The highest BCUT2D eigenvalue weighted by Crippen LogP contribution is 2.46. The zero-order valence-electron chi connectivity index (χ0n) is 10.4. The Balaban J connectivity index is 2.05. The molecule has 2 N–H and O–H groups in total. The summed E-state index contributed by atoms with van der Waals surface area (Å²) in [7, 11) is 2.05. The van der Waals surface area contributed by atoms with Crippen molar-refractivity contribution in [2.75, 3.05) is 7.05 Å². The molecular weight excluding hydrogens is 210 g/mol. The summed E-state index contributed by atoms with van der Waals surface area (Å²) in [6.07, 6.45) is 4.54. The van der Waals surface area contributed by atoms with E-state index in [9.17, 15) is 4.79 Å². The van der Waals surface area contributed by atoms with E-state index in [4.69, 9.17) is 0 Å². The molecule has 1 aromatic rings. The molecule has 2 bridgehead atoms. The van der Waals surface area contributed by atoms with Gasteiger partial charge >= 0.3 is 0 Å². The third kappa shape index (κ3) is 1.54. The Kier molecular flexibility index (Phi) is 2.55. The molecule has 0 radical (unpaired) electrons. The molecule has 3 unspecified atom stereocenters. The molecule has 3 rings (SSSR count). The van der Waals surface area contributed by atoms with Crippen LogP contribution in [-0.4, -0.2) is 12.8 Å². The first kappa shape index (κ1) is 11.0. The van der Waals surface area contributed by atoms with Gasteiger partial charge in [-0.25, -0.2) is 0 Å². The van der Waals surface area contributed by atoms with Crippen molar-refractivity contribution in [1.29, 1.82) is 0 Å². The second-order valence-corrected chi connectivity index (χ2v) is 5.57. The highest BCUT2D eigenvalue weighted by atomic mass is 16.1. The summed E-state index contributed by atoms with van der Waals surface area (Å²) in [6, 6.07) is 10.3. The van der Waals surface area contributed by atoms with E-state index in [0.29, 0.717) is 11.7 Å². The molecule has 2 aliphatic carbocycles. The number of carbonyl (C=O) groups excluding carboxylic acids is 1. The molecule has 2 saturated carbocycles. The van der Waals surface area contributed by atoms with E-state index in [2.05, 4.69) is 24.5 Å². The maximum atomic E-state index is 12.7. The third-order valence-corrected chi connectivity index (χ3v) is 4.74. The largest absolute Gasteiger partial charge is 0.334 e. The van der Waals surface area contributed by atoms with Crippen LogP contribution in [0.4, 0.5) is 0 Å². The summed E-state index contributed by atoms with van der Waals surface area (Å²) in [5, 5.41) is 2.15. The highest BCUT2D eigenvalue weighted by Gasteiger charge is 2.53. The summed E-state index contributed by atoms with van der Waals surface area (Å²) in [5.41, 5.74) is 0.912. The SMILES string of the molecule is C[NH2+]C1(c2ccccc2)CC2CCC(C2)C1=O. The van der Waals surface area contributed by atoms with Crippen LogP contribution in [0.3, 0.4) is 0 Å². The number of nitrogens with two attached hydrogens (primary N) is 1. The Morgan fingerprint density at radius 3 is 2.71 bits per heavy atom. The number of fused-ring (bicyclic) bond motifs is 2. The summed E-state index contributed by atoms with van der Waals surface area (Å²) < 4.78 is 0. The van der Waals surface area contributed by atoms with Crippen LogP contribution in [0.5, 0.6) is 0 Å². The molecule has 2 fully saturated rings. The molecule has 17 heavy (non-hydrogen) atoms. The minimum Gasteiger partial charge on any atom is -0.334 e. The predicted octanol–water partition coefficient (Wildman–Crippen LogP) is 1.46. The van der Waals surface area contributed by atoms with E-state index in [0.717, 1.165) is 25.2 Å². The monoisotopic (exact) mass is 230 g/mol. The van der Waals surface area contributed by atoms with Crippen molar-refractivity contribution < 1.29 is 10.1 Å². The Morgan fingerprint density at radius 2 is 2.00 bits per heavy atom. The molecule has 2 aliphatic rings. The first-order valence-electron chi connectivity index (χ1n) is 6.66. The Labute approximate surface area is 102 Å². The first-order valence-corrected chi connectivity index (χ1v) is 6.66. The molecular formula is C15H20NO+. The van der Waals surface area contributed by atoms with Gasteiger partial charge in [0.25, 0.3) is 0 Å². The lowest BCUT2D eigenvalue weighted by atomic mass is 9.70. The molecule has 0 saturated heterocycles. The lowest BCUT2D eigenvalue weighted by Crippen LogP contribution is -2.95. The van der Waals surface area contributed by atoms with Gasteiger partial charge in [0.05, 0.1) is 7.05 Å². The maximum absolute atomic E-state index is 12.7. The van der Waals surface area contributed by atoms with E-state index < -0.39 is 0 Å². The van der Waals surface area contributed by atoms with Gasteiger partial charge in [0.2, 0.25) is 5.78 Å². The van der Waals surface area contributed by atoms with Crippen molar-refractivity contribution in [3.8, 4) is 0 Å². The molecule has 0 amide bonds. The topological polar surface area (TPSA) is 33.7 Å². The van der Waals surface area contributed by atoms with Gasteiger partial charge in [-0.2, -0.15) is 0 Å². The van der Waals surface area contributed by atoms with Gasteiger partial charge in [-0.15, -0.1) is 0 Å². The van der Waals surface area contributed by atoms with Crippen molar-refractivity contribution in [1.82, 2.24) is 0 Å². The lowest BCUT2D eigenvalue weighted by molar-refractivity contribution is -0.700. The van der Waals surface area contributed by atoms with Crippen LogP contribution >= 0.6 is 0 Å². The van der Waals surface area contributed by atoms with Crippen LogP contribution in [0.15, 0.2) is 30.3 Å². The zero-order valence-corrected chi connectivity index (χ0v) is 10.4. The average Bonchev–Trinajstić information content (AvgIpc) is 2.79. The minimum absolute atomic E-state index is 0.286.